The molecule has 4 nitrogen and oxygen atoms in total. The summed E-state index contributed by atoms with van der Waals surface area (Å²) in [6.45, 7) is 2.08. The highest BCUT2D eigenvalue weighted by molar-refractivity contribution is 6.31. The van der Waals surface area contributed by atoms with Crippen molar-refractivity contribution in [1.82, 2.24) is 5.43 Å². The molecule has 0 spiro atoms. The molecule has 108 valence electrons. The highest BCUT2D eigenvalue weighted by Gasteiger charge is 2.10. The van der Waals surface area contributed by atoms with E-state index in [0.29, 0.717) is 5.02 Å². The fourth-order valence-corrected chi connectivity index (χ4v) is 1.93. The summed E-state index contributed by atoms with van der Waals surface area (Å²) in [7, 11) is 0. The number of hydrazone groups is 1. The molecule has 0 aromatic heterocycles. The standard InChI is InChI=1S/C16H15ClN2O2/c1-2-11-3-5-12(6-4-11)10-18-19-16(21)14-9-13(17)7-8-15(14)20/h3-10,20H,2H2,1H3,(H,19,21)/b18-10-. The van der Waals surface area contributed by atoms with Crippen molar-refractivity contribution >= 4 is 23.7 Å². The number of nitrogens with one attached hydrogen (secondary N) is 1. The number of nitrogens with zero attached hydrogens (tertiary/aromatic N) is 1. The van der Waals surface area contributed by atoms with E-state index in [0.717, 1.165) is 12.0 Å². The van der Waals surface area contributed by atoms with Crippen LogP contribution < -0.4 is 5.43 Å². The Labute approximate surface area is 128 Å². The lowest BCUT2D eigenvalue weighted by Crippen LogP contribution is -2.17. The smallest absolute Gasteiger partial charge is 0.275 e. The molecule has 0 aliphatic carbocycles. The van der Waals surface area contributed by atoms with Crippen LogP contribution >= 0.6 is 11.6 Å². The van der Waals surface area contributed by atoms with E-state index < -0.39 is 5.91 Å². The number of carbonyl (C=O) groups excluding carboxylic acids is 1. The van der Waals surface area contributed by atoms with Crippen molar-refractivity contribution in [3.63, 3.8) is 0 Å². The van der Waals surface area contributed by atoms with E-state index in [4.69, 9.17) is 11.6 Å². The van der Waals surface area contributed by atoms with E-state index in [1.54, 1.807) is 6.21 Å². The molecular weight excluding hydrogens is 288 g/mol. The number of aryl methyl sites for hydroxylation is 1. The number of carbonyl (C=O) groups is 1. The molecule has 0 aliphatic rings. The van der Waals surface area contributed by atoms with Gasteiger partial charge in [0.05, 0.1) is 11.8 Å². The average molecular weight is 303 g/mol. The predicted molar refractivity (Wildman–Crippen MR) is 84.0 cm³/mol. The van der Waals surface area contributed by atoms with Gasteiger partial charge in [-0.25, -0.2) is 5.43 Å². The number of phenols is 1. The second-order valence-electron chi connectivity index (χ2n) is 4.46. The van der Waals surface area contributed by atoms with Gasteiger partial charge in [-0.1, -0.05) is 42.8 Å². The summed E-state index contributed by atoms with van der Waals surface area (Å²) in [6.07, 6.45) is 2.52. The fraction of sp³-hybridized carbons (Fsp3) is 0.125. The van der Waals surface area contributed by atoms with Crippen LogP contribution in [0.1, 0.15) is 28.4 Å². The van der Waals surface area contributed by atoms with Crippen molar-refractivity contribution in [3.8, 4) is 5.75 Å². The molecule has 0 saturated heterocycles. The maximum absolute atomic E-state index is 11.9. The summed E-state index contributed by atoms with van der Waals surface area (Å²) >= 11 is 5.79. The van der Waals surface area contributed by atoms with Crippen molar-refractivity contribution < 1.29 is 9.90 Å². The quantitative estimate of drug-likeness (QED) is 0.672. The lowest BCUT2D eigenvalue weighted by Gasteiger charge is -2.03. The van der Waals surface area contributed by atoms with Crippen LogP contribution in [0.15, 0.2) is 47.6 Å². The van der Waals surface area contributed by atoms with Crippen LogP contribution in [0.4, 0.5) is 0 Å². The molecule has 0 fully saturated rings. The molecule has 0 saturated carbocycles. The van der Waals surface area contributed by atoms with Crippen molar-refractivity contribution in [2.75, 3.05) is 0 Å². The second kappa shape index (κ2) is 6.90. The van der Waals surface area contributed by atoms with Crippen LogP contribution in [-0.4, -0.2) is 17.2 Å². The summed E-state index contributed by atoms with van der Waals surface area (Å²) in [5, 5.41) is 13.8. The average Bonchev–Trinajstić information content (AvgIpc) is 2.50. The Balaban J connectivity index is 2.02. The van der Waals surface area contributed by atoms with Gasteiger partial charge < -0.3 is 5.11 Å². The molecule has 0 bridgehead atoms. The summed E-state index contributed by atoms with van der Waals surface area (Å²) in [6, 6.07) is 12.1. The van der Waals surface area contributed by atoms with Crippen LogP contribution in [0.3, 0.4) is 0 Å². The molecule has 2 rings (SSSR count). The lowest BCUT2D eigenvalue weighted by molar-refractivity contribution is 0.0952. The van der Waals surface area contributed by atoms with Crippen LogP contribution in [0.5, 0.6) is 5.75 Å². The van der Waals surface area contributed by atoms with Gasteiger partial charge in [0.15, 0.2) is 0 Å². The monoisotopic (exact) mass is 302 g/mol. The van der Waals surface area contributed by atoms with Gasteiger partial charge in [0.25, 0.3) is 5.91 Å². The zero-order valence-electron chi connectivity index (χ0n) is 11.5. The molecule has 0 atom stereocenters. The van der Waals surface area contributed by atoms with Crippen LogP contribution in [-0.2, 0) is 6.42 Å². The molecule has 0 aliphatic heterocycles. The topological polar surface area (TPSA) is 61.7 Å². The summed E-state index contributed by atoms with van der Waals surface area (Å²) in [5.74, 6) is -0.657. The van der Waals surface area contributed by atoms with E-state index >= 15 is 0 Å². The number of phenolic OH excluding ortho intramolecular Hbond substituents is 1. The molecule has 2 aromatic rings. The minimum atomic E-state index is -0.517. The highest BCUT2D eigenvalue weighted by Crippen LogP contribution is 2.21. The zero-order valence-corrected chi connectivity index (χ0v) is 12.3. The number of halogens is 1. The van der Waals surface area contributed by atoms with Gasteiger partial charge in [-0.2, -0.15) is 5.10 Å². The molecule has 0 unspecified atom stereocenters. The molecule has 2 N–H and O–H groups in total. The maximum atomic E-state index is 11.9. The van der Waals surface area contributed by atoms with E-state index in [1.807, 2.05) is 24.3 Å². The molecule has 2 aromatic carbocycles. The Morgan fingerprint density at radius 1 is 1.29 bits per heavy atom. The molecule has 5 heteroatoms. The number of hydrogen-bond donors (Lipinski definition) is 2. The van der Waals surface area contributed by atoms with Gasteiger partial charge >= 0.3 is 0 Å². The lowest BCUT2D eigenvalue weighted by atomic mass is 10.1. The third kappa shape index (κ3) is 4.07. The van der Waals surface area contributed by atoms with Crippen molar-refractivity contribution in [2.45, 2.75) is 13.3 Å². The Kier molecular flexibility index (Phi) is 4.95. The first-order valence-corrected chi connectivity index (χ1v) is 6.89. The first-order chi connectivity index (χ1) is 10.1. The third-order valence-electron chi connectivity index (χ3n) is 2.97. The molecule has 1 amide bonds. The normalized spacial score (nSPS) is 10.8. The first-order valence-electron chi connectivity index (χ1n) is 6.51. The largest absolute Gasteiger partial charge is 0.507 e. The van der Waals surface area contributed by atoms with Gasteiger partial charge in [0.1, 0.15) is 5.75 Å². The molecule has 21 heavy (non-hydrogen) atoms. The van der Waals surface area contributed by atoms with Gasteiger partial charge in [-0.05, 0) is 35.7 Å². The van der Waals surface area contributed by atoms with E-state index in [-0.39, 0.29) is 11.3 Å². The minimum absolute atomic E-state index is 0.0842. The van der Waals surface area contributed by atoms with Crippen molar-refractivity contribution in [1.29, 1.82) is 0 Å². The maximum Gasteiger partial charge on any atom is 0.275 e. The van der Waals surface area contributed by atoms with E-state index in [9.17, 15) is 9.90 Å². The predicted octanol–water partition coefficient (Wildman–Crippen LogP) is 3.37. The third-order valence-corrected chi connectivity index (χ3v) is 3.21. The number of benzene rings is 2. The minimum Gasteiger partial charge on any atom is -0.507 e. The van der Waals surface area contributed by atoms with E-state index in [2.05, 4.69) is 17.5 Å². The Bertz CT molecular complexity index is 666. The summed E-state index contributed by atoms with van der Waals surface area (Å²) in [5.41, 5.74) is 4.55. The van der Waals surface area contributed by atoms with Gasteiger partial charge in [0, 0.05) is 5.02 Å². The Morgan fingerprint density at radius 3 is 2.67 bits per heavy atom. The summed E-state index contributed by atoms with van der Waals surface area (Å²) in [4.78, 5) is 11.9. The van der Waals surface area contributed by atoms with Crippen LogP contribution in [0, 0.1) is 0 Å². The van der Waals surface area contributed by atoms with Gasteiger partial charge in [0.2, 0.25) is 0 Å². The fourth-order valence-electron chi connectivity index (χ4n) is 1.76. The number of hydrogen-bond acceptors (Lipinski definition) is 3. The highest BCUT2D eigenvalue weighted by atomic mass is 35.5. The molecular formula is C16H15ClN2O2. The Morgan fingerprint density at radius 2 is 2.00 bits per heavy atom. The number of aromatic hydroxyl groups is 1. The van der Waals surface area contributed by atoms with Gasteiger partial charge in [-0.3, -0.25) is 4.79 Å². The van der Waals surface area contributed by atoms with Crippen LogP contribution in [0.25, 0.3) is 0 Å². The molecule has 0 heterocycles. The van der Waals surface area contributed by atoms with Gasteiger partial charge in [-0.15, -0.1) is 0 Å². The van der Waals surface area contributed by atoms with Crippen molar-refractivity contribution in [2.24, 2.45) is 5.10 Å². The zero-order chi connectivity index (χ0) is 15.2. The van der Waals surface area contributed by atoms with Crippen molar-refractivity contribution in [3.05, 3.63) is 64.2 Å². The first kappa shape index (κ1) is 15.1. The van der Waals surface area contributed by atoms with Crippen LogP contribution in [0.2, 0.25) is 5.02 Å². The SMILES string of the molecule is CCc1ccc(/C=N\NC(=O)c2cc(Cl)ccc2O)cc1. The van der Waals surface area contributed by atoms with E-state index in [1.165, 1.54) is 23.8 Å². The number of rotatable bonds is 4. The molecule has 0 radical (unpaired) electrons. The number of amides is 1. The summed E-state index contributed by atoms with van der Waals surface area (Å²) < 4.78 is 0. The Hall–Kier alpha value is -2.33. The second-order valence-corrected chi connectivity index (χ2v) is 4.89.